The van der Waals surface area contributed by atoms with E-state index in [0.717, 1.165) is 26.1 Å². The summed E-state index contributed by atoms with van der Waals surface area (Å²) in [5.41, 5.74) is -0.938. The molecule has 1 aromatic heterocycles. The highest BCUT2D eigenvalue weighted by molar-refractivity contribution is 5.78. The Hall–Kier alpha value is -1.77. The third-order valence-electron chi connectivity index (χ3n) is 4.81. The average molecular weight is 349 g/mol. The van der Waals surface area contributed by atoms with Gasteiger partial charge >= 0.3 is 0 Å². The molecule has 1 N–H and O–H groups in total. The number of ether oxygens (including phenoxy) is 1. The molecule has 0 saturated carbocycles. The van der Waals surface area contributed by atoms with Gasteiger partial charge in [-0.2, -0.15) is 0 Å². The Labute approximate surface area is 148 Å². The summed E-state index contributed by atoms with van der Waals surface area (Å²) in [4.78, 5) is 26.7. The minimum absolute atomic E-state index is 0.0309. The number of rotatable bonds is 5. The standard InChI is InChI=1S/C17H27N5O3/c1-20(15(23)12-21-8-10-25-11-9-21)13-17(24)4-2-7-22(14-17)16-18-5-3-6-19-16/h3,5-6,24H,2,4,7-14H2,1H3/t17-/m1/s1. The van der Waals surface area contributed by atoms with Crippen molar-refractivity contribution in [2.45, 2.75) is 18.4 Å². The van der Waals surface area contributed by atoms with Crippen LogP contribution in [0.15, 0.2) is 18.5 Å². The first-order chi connectivity index (χ1) is 12.1. The molecule has 1 amide bonds. The molecule has 0 radical (unpaired) electrons. The van der Waals surface area contributed by atoms with Crippen LogP contribution >= 0.6 is 0 Å². The molecule has 8 heteroatoms. The fourth-order valence-electron chi connectivity index (χ4n) is 3.47. The van der Waals surface area contributed by atoms with Crippen molar-refractivity contribution >= 4 is 11.9 Å². The smallest absolute Gasteiger partial charge is 0.236 e. The second-order valence-corrected chi connectivity index (χ2v) is 6.94. The van der Waals surface area contributed by atoms with E-state index in [1.165, 1.54) is 0 Å². The number of carbonyl (C=O) groups is 1. The van der Waals surface area contributed by atoms with Gasteiger partial charge in [-0.3, -0.25) is 9.69 Å². The zero-order valence-corrected chi connectivity index (χ0v) is 14.8. The van der Waals surface area contributed by atoms with Gasteiger partial charge in [-0.25, -0.2) is 9.97 Å². The number of anilines is 1. The molecule has 0 aromatic carbocycles. The third-order valence-corrected chi connectivity index (χ3v) is 4.81. The molecule has 2 saturated heterocycles. The number of hydrogen-bond acceptors (Lipinski definition) is 7. The van der Waals surface area contributed by atoms with Crippen LogP contribution in [0.5, 0.6) is 0 Å². The molecule has 0 unspecified atom stereocenters. The predicted molar refractivity (Wildman–Crippen MR) is 93.3 cm³/mol. The molecule has 3 heterocycles. The normalized spacial score (nSPS) is 25.0. The van der Waals surface area contributed by atoms with Crippen LogP contribution in [0.3, 0.4) is 0 Å². The van der Waals surface area contributed by atoms with E-state index in [1.54, 1.807) is 30.4 Å². The van der Waals surface area contributed by atoms with E-state index in [0.29, 0.717) is 45.2 Å². The SMILES string of the molecule is CN(C[C@]1(O)CCCN(c2ncccn2)C1)C(=O)CN1CCOCC1. The highest BCUT2D eigenvalue weighted by Crippen LogP contribution is 2.24. The van der Waals surface area contributed by atoms with Crippen LogP contribution in [-0.4, -0.2) is 95.9 Å². The van der Waals surface area contributed by atoms with Gasteiger partial charge in [0.15, 0.2) is 0 Å². The molecule has 138 valence electrons. The summed E-state index contributed by atoms with van der Waals surface area (Å²) in [5, 5.41) is 11.0. The number of likely N-dealkylation sites (N-methyl/N-ethyl adjacent to an activating group) is 1. The quantitative estimate of drug-likeness (QED) is 0.774. The van der Waals surface area contributed by atoms with Crippen molar-refractivity contribution in [1.29, 1.82) is 0 Å². The Morgan fingerprint density at radius 3 is 2.76 bits per heavy atom. The van der Waals surface area contributed by atoms with Crippen molar-refractivity contribution in [3.8, 4) is 0 Å². The molecule has 8 nitrogen and oxygen atoms in total. The summed E-state index contributed by atoms with van der Waals surface area (Å²) < 4.78 is 5.31. The largest absolute Gasteiger partial charge is 0.386 e. The fraction of sp³-hybridized carbons (Fsp3) is 0.706. The van der Waals surface area contributed by atoms with Crippen LogP contribution < -0.4 is 4.90 Å². The molecule has 2 fully saturated rings. The molecule has 2 aliphatic rings. The summed E-state index contributed by atoms with van der Waals surface area (Å²) in [6.07, 6.45) is 4.92. The minimum Gasteiger partial charge on any atom is -0.386 e. The molecule has 1 atom stereocenters. The van der Waals surface area contributed by atoms with Crippen LogP contribution in [0.25, 0.3) is 0 Å². The molecule has 25 heavy (non-hydrogen) atoms. The number of morpholine rings is 1. The highest BCUT2D eigenvalue weighted by Gasteiger charge is 2.36. The zero-order chi connectivity index (χ0) is 17.7. The number of aromatic nitrogens is 2. The molecular formula is C17H27N5O3. The highest BCUT2D eigenvalue weighted by atomic mass is 16.5. The molecule has 3 rings (SSSR count). The lowest BCUT2D eigenvalue weighted by Gasteiger charge is -2.41. The van der Waals surface area contributed by atoms with Gasteiger partial charge in [0, 0.05) is 39.1 Å². The summed E-state index contributed by atoms with van der Waals surface area (Å²) in [7, 11) is 1.76. The van der Waals surface area contributed by atoms with Crippen LogP contribution in [0.4, 0.5) is 5.95 Å². The first-order valence-electron chi connectivity index (χ1n) is 8.84. The van der Waals surface area contributed by atoms with Gasteiger partial charge in [0.25, 0.3) is 0 Å². The Balaban J connectivity index is 1.55. The monoisotopic (exact) mass is 349 g/mol. The first-order valence-corrected chi connectivity index (χ1v) is 8.84. The van der Waals surface area contributed by atoms with Crippen molar-refractivity contribution < 1.29 is 14.6 Å². The van der Waals surface area contributed by atoms with Gasteiger partial charge in [0.2, 0.25) is 11.9 Å². The summed E-state index contributed by atoms with van der Waals surface area (Å²) in [6.45, 7) is 4.86. The third kappa shape index (κ3) is 4.87. The molecule has 0 aliphatic carbocycles. The van der Waals surface area contributed by atoms with Crippen LogP contribution in [-0.2, 0) is 9.53 Å². The van der Waals surface area contributed by atoms with E-state index in [-0.39, 0.29) is 5.91 Å². The van der Waals surface area contributed by atoms with Gasteiger partial charge in [-0.15, -0.1) is 0 Å². The van der Waals surface area contributed by atoms with Crippen molar-refractivity contribution in [3.63, 3.8) is 0 Å². The summed E-state index contributed by atoms with van der Waals surface area (Å²) >= 11 is 0. The van der Waals surface area contributed by atoms with Crippen molar-refractivity contribution in [2.24, 2.45) is 0 Å². The summed E-state index contributed by atoms with van der Waals surface area (Å²) in [6, 6.07) is 1.78. The van der Waals surface area contributed by atoms with E-state index in [9.17, 15) is 9.90 Å². The predicted octanol–water partition coefficient (Wildman–Crippen LogP) is -0.401. The number of carbonyl (C=O) groups excluding carboxylic acids is 1. The second-order valence-electron chi connectivity index (χ2n) is 6.94. The van der Waals surface area contributed by atoms with E-state index in [1.807, 2.05) is 4.90 Å². The Morgan fingerprint density at radius 1 is 1.32 bits per heavy atom. The van der Waals surface area contributed by atoms with Crippen molar-refractivity contribution in [2.75, 3.05) is 64.4 Å². The number of amides is 1. The van der Waals surface area contributed by atoms with Crippen molar-refractivity contribution in [3.05, 3.63) is 18.5 Å². The van der Waals surface area contributed by atoms with E-state index in [4.69, 9.17) is 4.74 Å². The molecular weight excluding hydrogens is 322 g/mol. The van der Waals surface area contributed by atoms with Crippen LogP contribution in [0, 0.1) is 0 Å². The number of β-amino-alcohol motifs (C(OH)–C–C–N with tert-alkyl or cyclic N) is 1. The lowest BCUT2D eigenvalue weighted by molar-refractivity contribution is -0.135. The van der Waals surface area contributed by atoms with Crippen LogP contribution in [0.2, 0.25) is 0 Å². The second kappa shape index (κ2) is 8.07. The maximum Gasteiger partial charge on any atom is 0.236 e. The number of hydrogen-bond donors (Lipinski definition) is 1. The topological polar surface area (TPSA) is 82.0 Å². The van der Waals surface area contributed by atoms with E-state index in [2.05, 4.69) is 14.9 Å². The number of piperidine rings is 1. The lowest BCUT2D eigenvalue weighted by atomic mass is 9.92. The van der Waals surface area contributed by atoms with Gasteiger partial charge in [-0.1, -0.05) is 0 Å². The van der Waals surface area contributed by atoms with Gasteiger partial charge in [-0.05, 0) is 18.9 Å². The maximum atomic E-state index is 12.5. The van der Waals surface area contributed by atoms with E-state index >= 15 is 0 Å². The number of nitrogens with zero attached hydrogens (tertiary/aromatic N) is 5. The maximum absolute atomic E-state index is 12.5. The molecule has 1 aromatic rings. The Morgan fingerprint density at radius 2 is 2.04 bits per heavy atom. The fourth-order valence-corrected chi connectivity index (χ4v) is 3.47. The van der Waals surface area contributed by atoms with Crippen LogP contribution in [0.1, 0.15) is 12.8 Å². The minimum atomic E-state index is -0.938. The number of aliphatic hydroxyl groups is 1. The molecule has 2 aliphatic heterocycles. The summed E-state index contributed by atoms with van der Waals surface area (Å²) in [5.74, 6) is 0.659. The Bertz CT molecular complexity index is 567. The molecule has 0 spiro atoms. The van der Waals surface area contributed by atoms with Crippen molar-refractivity contribution in [1.82, 2.24) is 19.8 Å². The first kappa shape index (κ1) is 18.0. The van der Waals surface area contributed by atoms with Gasteiger partial charge in [0.05, 0.1) is 38.4 Å². The molecule has 0 bridgehead atoms. The van der Waals surface area contributed by atoms with E-state index < -0.39 is 5.60 Å². The van der Waals surface area contributed by atoms with Gasteiger partial charge in [0.1, 0.15) is 0 Å². The zero-order valence-electron chi connectivity index (χ0n) is 14.8. The average Bonchev–Trinajstić information content (AvgIpc) is 2.63. The van der Waals surface area contributed by atoms with Gasteiger partial charge < -0.3 is 19.6 Å². The Kier molecular flexibility index (Phi) is 5.82. The lowest BCUT2D eigenvalue weighted by Crippen LogP contribution is -2.56.